The molecule has 3 rings (SSSR count). The van der Waals surface area contributed by atoms with E-state index < -0.39 is 0 Å². The Bertz CT molecular complexity index is 483. The Balaban J connectivity index is 1.63. The van der Waals surface area contributed by atoms with Crippen molar-refractivity contribution >= 4 is 11.6 Å². The first-order valence-electron chi connectivity index (χ1n) is 7.50. The molecule has 0 bridgehead atoms. The van der Waals surface area contributed by atoms with Crippen LogP contribution < -0.4 is 10.1 Å². The van der Waals surface area contributed by atoms with Crippen molar-refractivity contribution in [2.24, 2.45) is 0 Å². The molecule has 108 valence electrons. The van der Waals surface area contributed by atoms with Crippen LogP contribution in [0.2, 0.25) is 0 Å². The van der Waals surface area contributed by atoms with Crippen molar-refractivity contribution in [2.75, 3.05) is 18.9 Å². The molecule has 1 saturated heterocycles. The van der Waals surface area contributed by atoms with Gasteiger partial charge in [0.15, 0.2) is 0 Å². The van der Waals surface area contributed by atoms with E-state index in [0.717, 1.165) is 37.2 Å². The maximum Gasteiger partial charge on any atom is 0.244 e. The fourth-order valence-electron chi connectivity index (χ4n) is 3.02. The first-order chi connectivity index (χ1) is 9.72. The number of likely N-dealkylation sites (tertiary alicyclic amines) is 1. The molecule has 1 saturated carbocycles. The van der Waals surface area contributed by atoms with Gasteiger partial charge in [-0.05, 0) is 44.2 Å². The standard InChI is InChI=1S/C16H22N2O2/c1-18-10-9-15(16(18)19)17-12-5-4-8-14(11-12)20-13-6-2-3-7-13/h4-5,8,11,13,15,17H,2-3,6-7,9-10H2,1H3/t15-/m1/s1. The van der Waals surface area contributed by atoms with Gasteiger partial charge in [0.05, 0.1) is 6.10 Å². The number of carbonyl (C=O) groups excluding carboxylic acids is 1. The molecule has 1 aliphatic carbocycles. The molecular formula is C16H22N2O2. The van der Waals surface area contributed by atoms with E-state index >= 15 is 0 Å². The molecular weight excluding hydrogens is 252 g/mol. The smallest absolute Gasteiger partial charge is 0.244 e. The van der Waals surface area contributed by atoms with Crippen molar-refractivity contribution in [3.8, 4) is 5.75 Å². The molecule has 20 heavy (non-hydrogen) atoms. The first kappa shape index (κ1) is 13.3. The van der Waals surface area contributed by atoms with Crippen molar-refractivity contribution in [1.82, 2.24) is 4.90 Å². The number of carbonyl (C=O) groups is 1. The maximum absolute atomic E-state index is 11.9. The summed E-state index contributed by atoms with van der Waals surface area (Å²) >= 11 is 0. The van der Waals surface area contributed by atoms with Crippen LogP contribution in [-0.4, -0.2) is 36.5 Å². The third kappa shape index (κ3) is 2.89. The number of rotatable bonds is 4. The van der Waals surface area contributed by atoms with E-state index in [0.29, 0.717) is 6.10 Å². The average Bonchev–Trinajstić information content (AvgIpc) is 3.05. The highest BCUT2D eigenvalue weighted by Gasteiger charge is 2.28. The van der Waals surface area contributed by atoms with Crippen LogP contribution in [-0.2, 0) is 4.79 Å². The van der Waals surface area contributed by atoms with E-state index in [4.69, 9.17) is 4.74 Å². The maximum atomic E-state index is 11.9. The molecule has 4 nitrogen and oxygen atoms in total. The second kappa shape index (κ2) is 5.73. The van der Waals surface area contributed by atoms with Crippen LogP contribution in [0.5, 0.6) is 5.75 Å². The van der Waals surface area contributed by atoms with E-state index in [1.807, 2.05) is 31.3 Å². The Hall–Kier alpha value is -1.71. The van der Waals surface area contributed by atoms with Gasteiger partial charge in [0.25, 0.3) is 0 Å². The molecule has 0 unspecified atom stereocenters. The van der Waals surface area contributed by atoms with Crippen LogP contribution in [0.3, 0.4) is 0 Å². The van der Waals surface area contributed by atoms with Gasteiger partial charge in [-0.15, -0.1) is 0 Å². The second-order valence-electron chi connectivity index (χ2n) is 5.80. The number of benzene rings is 1. The fraction of sp³-hybridized carbons (Fsp3) is 0.562. The molecule has 1 aliphatic heterocycles. The lowest BCUT2D eigenvalue weighted by molar-refractivity contribution is -0.127. The van der Waals surface area contributed by atoms with E-state index in [2.05, 4.69) is 5.32 Å². The van der Waals surface area contributed by atoms with Gasteiger partial charge in [0.2, 0.25) is 5.91 Å². The number of nitrogens with one attached hydrogen (secondary N) is 1. The van der Waals surface area contributed by atoms with Crippen molar-refractivity contribution in [2.45, 2.75) is 44.2 Å². The molecule has 1 aromatic carbocycles. The minimum absolute atomic E-state index is 0.0956. The highest BCUT2D eigenvalue weighted by Crippen LogP contribution is 2.26. The highest BCUT2D eigenvalue weighted by molar-refractivity contribution is 5.86. The van der Waals surface area contributed by atoms with E-state index in [-0.39, 0.29) is 11.9 Å². The van der Waals surface area contributed by atoms with Crippen LogP contribution in [0.25, 0.3) is 0 Å². The summed E-state index contributed by atoms with van der Waals surface area (Å²) in [5.74, 6) is 1.08. The highest BCUT2D eigenvalue weighted by atomic mass is 16.5. The van der Waals surface area contributed by atoms with Crippen LogP contribution in [0, 0.1) is 0 Å². The molecule has 1 heterocycles. The van der Waals surface area contributed by atoms with Gasteiger partial charge in [0.1, 0.15) is 11.8 Å². The van der Waals surface area contributed by atoms with Gasteiger partial charge in [-0.25, -0.2) is 0 Å². The fourth-order valence-corrected chi connectivity index (χ4v) is 3.02. The van der Waals surface area contributed by atoms with Crippen molar-refractivity contribution in [3.05, 3.63) is 24.3 Å². The van der Waals surface area contributed by atoms with Crippen LogP contribution in [0.4, 0.5) is 5.69 Å². The zero-order valence-corrected chi connectivity index (χ0v) is 12.0. The van der Waals surface area contributed by atoms with Gasteiger partial charge in [-0.3, -0.25) is 4.79 Å². The van der Waals surface area contributed by atoms with Crippen LogP contribution in [0.1, 0.15) is 32.1 Å². The molecule has 2 fully saturated rings. The topological polar surface area (TPSA) is 41.6 Å². The lowest BCUT2D eigenvalue weighted by atomic mass is 10.2. The second-order valence-corrected chi connectivity index (χ2v) is 5.80. The Morgan fingerprint density at radius 3 is 2.75 bits per heavy atom. The zero-order chi connectivity index (χ0) is 13.9. The van der Waals surface area contributed by atoms with Crippen molar-refractivity contribution < 1.29 is 9.53 Å². The molecule has 4 heteroatoms. The number of hydrogen-bond acceptors (Lipinski definition) is 3. The molecule has 1 N–H and O–H groups in total. The van der Waals surface area contributed by atoms with E-state index in [1.54, 1.807) is 4.90 Å². The lowest BCUT2D eigenvalue weighted by Crippen LogP contribution is -2.30. The molecule has 0 radical (unpaired) electrons. The number of hydrogen-bond donors (Lipinski definition) is 1. The summed E-state index contributed by atoms with van der Waals surface area (Å²) < 4.78 is 5.99. The Kier molecular flexibility index (Phi) is 3.81. The summed E-state index contributed by atoms with van der Waals surface area (Å²) in [6, 6.07) is 7.88. The first-order valence-corrected chi connectivity index (χ1v) is 7.50. The Labute approximate surface area is 120 Å². The third-order valence-corrected chi connectivity index (χ3v) is 4.21. The van der Waals surface area contributed by atoms with Gasteiger partial charge in [-0.1, -0.05) is 6.07 Å². The number of anilines is 1. The average molecular weight is 274 g/mol. The van der Waals surface area contributed by atoms with E-state index in [1.165, 1.54) is 12.8 Å². The molecule has 0 aromatic heterocycles. The zero-order valence-electron chi connectivity index (χ0n) is 12.0. The minimum atomic E-state index is -0.0956. The van der Waals surface area contributed by atoms with Crippen LogP contribution in [0.15, 0.2) is 24.3 Å². The predicted molar refractivity (Wildman–Crippen MR) is 79.0 cm³/mol. The third-order valence-electron chi connectivity index (χ3n) is 4.21. The number of likely N-dealkylation sites (N-methyl/N-ethyl adjacent to an activating group) is 1. The van der Waals surface area contributed by atoms with Crippen LogP contribution >= 0.6 is 0 Å². The summed E-state index contributed by atoms with van der Waals surface area (Å²) in [4.78, 5) is 13.7. The monoisotopic (exact) mass is 274 g/mol. The SMILES string of the molecule is CN1CC[C@@H](Nc2cccc(OC3CCCC3)c2)C1=O. The predicted octanol–water partition coefficient (Wildman–Crippen LogP) is 2.65. The summed E-state index contributed by atoms with van der Waals surface area (Å²) in [6.07, 6.45) is 6.08. The normalized spacial score (nSPS) is 23.4. The Morgan fingerprint density at radius 1 is 1.25 bits per heavy atom. The van der Waals surface area contributed by atoms with Crippen molar-refractivity contribution in [3.63, 3.8) is 0 Å². The molecule has 1 amide bonds. The quantitative estimate of drug-likeness (QED) is 0.917. The number of ether oxygens (including phenoxy) is 1. The number of amides is 1. The number of nitrogens with zero attached hydrogens (tertiary/aromatic N) is 1. The van der Waals surface area contributed by atoms with Crippen molar-refractivity contribution in [1.29, 1.82) is 0 Å². The lowest BCUT2D eigenvalue weighted by Gasteiger charge is -2.16. The largest absolute Gasteiger partial charge is 0.490 e. The van der Waals surface area contributed by atoms with E-state index in [9.17, 15) is 4.79 Å². The molecule has 0 spiro atoms. The minimum Gasteiger partial charge on any atom is -0.490 e. The van der Waals surface area contributed by atoms with Gasteiger partial charge < -0.3 is 15.0 Å². The molecule has 1 atom stereocenters. The summed E-state index contributed by atoms with van der Waals surface area (Å²) in [6.45, 7) is 0.828. The van der Waals surface area contributed by atoms with Gasteiger partial charge in [0, 0.05) is 25.3 Å². The molecule has 2 aliphatic rings. The summed E-state index contributed by atoms with van der Waals surface area (Å²) in [5, 5.41) is 3.32. The summed E-state index contributed by atoms with van der Waals surface area (Å²) in [5.41, 5.74) is 0.967. The Morgan fingerprint density at radius 2 is 2.05 bits per heavy atom. The molecule has 1 aromatic rings. The summed E-state index contributed by atoms with van der Waals surface area (Å²) in [7, 11) is 1.85. The van der Waals surface area contributed by atoms with Gasteiger partial charge >= 0.3 is 0 Å². The van der Waals surface area contributed by atoms with Gasteiger partial charge in [-0.2, -0.15) is 0 Å².